The van der Waals surface area contributed by atoms with Gasteiger partial charge in [0.25, 0.3) is 0 Å². The number of halogens is 6. The van der Waals surface area contributed by atoms with Crippen molar-refractivity contribution in [2.75, 3.05) is 6.54 Å². The first-order valence-electron chi connectivity index (χ1n) is 7.72. The fourth-order valence-corrected chi connectivity index (χ4v) is 2.96. The molecule has 144 valence electrons. The minimum atomic E-state index is -4.67. The van der Waals surface area contributed by atoms with Crippen LogP contribution in [0.15, 0.2) is 24.3 Å². The maximum Gasteiger partial charge on any atom is 0.451 e. The van der Waals surface area contributed by atoms with Crippen molar-refractivity contribution in [2.45, 2.75) is 25.3 Å². The van der Waals surface area contributed by atoms with Crippen molar-refractivity contribution in [3.8, 4) is 0 Å². The molecule has 27 heavy (non-hydrogen) atoms. The summed E-state index contributed by atoms with van der Waals surface area (Å²) in [5.74, 6) is -4.85. The molecule has 1 aliphatic rings. The molecule has 5 nitrogen and oxygen atoms in total. The van der Waals surface area contributed by atoms with Crippen molar-refractivity contribution >= 4 is 6.29 Å². The van der Waals surface area contributed by atoms with E-state index in [1.165, 1.54) is 11.0 Å². The molecule has 1 unspecified atom stereocenters. The molecule has 1 aromatic carbocycles. The number of hydrogen-bond acceptors (Lipinski definition) is 4. The van der Waals surface area contributed by atoms with E-state index in [9.17, 15) is 31.1 Å². The molecule has 2 heterocycles. The van der Waals surface area contributed by atoms with Gasteiger partial charge in [-0.3, -0.25) is 9.69 Å². The number of benzene rings is 1. The Morgan fingerprint density at radius 2 is 1.74 bits per heavy atom. The smallest absolute Gasteiger partial charge is 0.305 e. The summed E-state index contributed by atoms with van der Waals surface area (Å²) >= 11 is 0. The van der Waals surface area contributed by atoms with Crippen LogP contribution in [-0.2, 0) is 24.1 Å². The Balaban J connectivity index is 1.96. The number of aromatic nitrogens is 3. The van der Waals surface area contributed by atoms with E-state index in [1.54, 1.807) is 0 Å². The van der Waals surface area contributed by atoms with E-state index in [4.69, 9.17) is 0 Å². The summed E-state index contributed by atoms with van der Waals surface area (Å²) < 4.78 is 80.6. The summed E-state index contributed by atoms with van der Waals surface area (Å²) in [6.45, 7) is -0.288. The van der Waals surface area contributed by atoms with Gasteiger partial charge in [-0.25, -0.2) is 13.2 Å². The quantitative estimate of drug-likeness (QED) is 0.349. The normalized spacial score (nSPS) is 16.5. The van der Waals surface area contributed by atoms with Crippen molar-refractivity contribution in [3.63, 3.8) is 0 Å². The second kappa shape index (κ2) is 7.14. The number of rotatable bonds is 4. The van der Waals surface area contributed by atoms with Crippen molar-refractivity contribution in [3.05, 3.63) is 58.9 Å². The molecule has 0 aliphatic carbocycles. The second-order valence-electron chi connectivity index (χ2n) is 5.81. The molecule has 2 aromatic rings. The fraction of sp³-hybridized carbons (Fsp3) is 0.312. The molecule has 0 saturated heterocycles. The Kier molecular flexibility index (Phi) is 5.05. The molecule has 0 fully saturated rings. The van der Waals surface area contributed by atoms with E-state index in [1.807, 2.05) is 0 Å². The first-order valence-corrected chi connectivity index (χ1v) is 7.72. The Labute approximate surface area is 148 Å². The molecule has 3 rings (SSSR count). The first-order chi connectivity index (χ1) is 12.7. The van der Waals surface area contributed by atoms with Crippen LogP contribution in [0, 0.1) is 17.5 Å². The van der Waals surface area contributed by atoms with Gasteiger partial charge in [-0.05, 0) is 12.1 Å². The van der Waals surface area contributed by atoms with Crippen LogP contribution in [0.3, 0.4) is 0 Å². The maximum atomic E-state index is 14.2. The maximum absolute atomic E-state index is 14.2. The monoisotopic (exact) mass is 390 g/mol. The first kappa shape index (κ1) is 19.1. The van der Waals surface area contributed by atoms with Crippen LogP contribution >= 0.6 is 0 Å². The number of alkyl halides is 3. The van der Waals surface area contributed by atoms with Crippen LogP contribution in [0.4, 0.5) is 26.3 Å². The molecule has 0 amide bonds. The average Bonchev–Trinajstić information content (AvgIpc) is 3.03. The highest BCUT2D eigenvalue weighted by Crippen LogP contribution is 2.33. The highest BCUT2D eigenvalue weighted by Gasteiger charge is 2.40. The zero-order valence-corrected chi connectivity index (χ0v) is 13.6. The van der Waals surface area contributed by atoms with E-state index < -0.39 is 35.5 Å². The molecule has 0 bridgehead atoms. The lowest BCUT2D eigenvalue weighted by Crippen LogP contribution is -2.37. The van der Waals surface area contributed by atoms with Crippen LogP contribution in [-0.4, -0.2) is 32.5 Å². The molecule has 0 saturated carbocycles. The number of carbonyl (C=O) groups excluding carboxylic acids is 1. The number of fused-ring (bicyclic) bond motifs is 1. The minimum Gasteiger partial charge on any atom is -0.305 e. The van der Waals surface area contributed by atoms with Crippen LogP contribution in [0.1, 0.15) is 23.3 Å². The van der Waals surface area contributed by atoms with Crippen LogP contribution < -0.4 is 0 Å². The Hall–Kier alpha value is -2.69. The van der Waals surface area contributed by atoms with Crippen molar-refractivity contribution in [1.29, 1.82) is 0 Å². The van der Waals surface area contributed by atoms with Gasteiger partial charge in [0.2, 0.25) is 5.82 Å². The highest BCUT2D eigenvalue weighted by molar-refractivity contribution is 5.65. The van der Waals surface area contributed by atoms with Gasteiger partial charge in [-0.2, -0.15) is 13.2 Å². The molecule has 11 heteroatoms. The number of carbonyl (C=O) groups is 1. The second-order valence-corrected chi connectivity index (χ2v) is 5.81. The zero-order chi connectivity index (χ0) is 19.8. The molecule has 0 N–H and O–H groups in total. The molecule has 1 aromatic heterocycles. The van der Waals surface area contributed by atoms with Crippen molar-refractivity contribution in [1.82, 2.24) is 19.7 Å². The zero-order valence-electron chi connectivity index (χ0n) is 13.6. The molecular weight excluding hydrogens is 378 g/mol. The minimum absolute atomic E-state index is 0.0129. The lowest BCUT2D eigenvalue weighted by atomic mass is 10.0. The number of hydrogen-bond donors (Lipinski definition) is 0. The van der Waals surface area contributed by atoms with Crippen LogP contribution in [0.2, 0.25) is 0 Å². The summed E-state index contributed by atoms with van der Waals surface area (Å²) in [4.78, 5) is 12.1. The molecule has 0 spiro atoms. The van der Waals surface area contributed by atoms with Crippen molar-refractivity contribution in [2.24, 2.45) is 0 Å². The number of nitrogens with zero attached hydrogens (tertiary/aromatic N) is 4. The summed E-state index contributed by atoms with van der Waals surface area (Å²) in [6.07, 6.45) is -1.96. The van der Waals surface area contributed by atoms with Gasteiger partial charge in [0.05, 0.1) is 12.6 Å². The summed E-state index contributed by atoms with van der Waals surface area (Å²) in [7, 11) is 0. The van der Waals surface area contributed by atoms with Gasteiger partial charge in [0, 0.05) is 24.7 Å². The van der Waals surface area contributed by atoms with Gasteiger partial charge in [0.1, 0.15) is 17.9 Å². The summed E-state index contributed by atoms with van der Waals surface area (Å²) in [5, 5.41) is 6.66. The number of aldehydes is 1. The molecule has 1 atom stereocenters. The lowest BCUT2D eigenvalue weighted by Gasteiger charge is -2.33. The standard InChI is InChI=1S/C16H12F6N4O/c17-10-7-12(19)11(18)6-9(10)13(2-1-5-27)25-3-4-26-14(8-25)23-24-15(26)16(20,21)22/h1-2,5-7,13H,3-4,8H2. The Morgan fingerprint density at radius 1 is 1.04 bits per heavy atom. The third-order valence-electron chi connectivity index (χ3n) is 4.16. The Morgan fingerprint density at radius 3 is 2.41 bits per heavy atom. The van der Waals surface area contributed by atoms with Gasteiger partial charge < -0.3 is 4.57 Å². The van der Waals surface area contributed by atoms with E-state index in [-0.39, 0.29) is 31.0 Å². The van der Waals surface area contributed by atoms with Crippen molar-refractivity contribution < 1.29 is 31.1 Å². The third-order valence-corrected chi connectivity index (χ3v) is 4.16. The van der Waals surface area contributed by atoms with E-state index >= 15 is 0 Å². The SMILES string of the molecule is O=CC=CC(c1cc(F)c(F)cc1F)N1CCn2c(nnc2C(F)(F)F)C1. The van der Waals surface area contributed by atoms with Gasteiger partial charge in [0.15, 0.2) is 11.6 Å². The van der Waals surface area contributed by atoms with Crippen LogP contribution in [0.5, 0.6) is 0 Å². The van der Waals surface area contributed by atoms with Gasteiger partial charge in [-0.15, -0.1) is 10.2 Å². The van der Waals surface area contributed by atoms with E-state index in [2.05, 4.69) is 10.2 Å². The lowest BCUT2D eigenvalue weighted by molar-refractivity contribution is -0.148. The fourth-order valence-electron chi connectivity index (χ4n) is 2.96. The number of allylic oxidation sites excluding steroid dienone is 1. The topological polar surface area (TPSA) is 51.0 Å². The van der Waals surface area contributed by atoms with E-state index in [0.29, 0.717) is 18.4 Å². The molecule has 0 radical (unpaired) electrons. The predicted molar refractivity (Wildman–Crippen MR) is 79.7 cm³/mol. The predicted octanol–water partition coefficient (Wildman–Crippen LogP) is 3.03. The summed E-state index contributed by atoms with van der Waals surface area (Å²) in [5.41, 5.74) is -0.254. The Bertz CT molecular complexity index is 892. The third kappa shape index (κ3) is 3.72. The van der Waals surface area contributed by atoms with Gasteiger partial charge >= 0.3 is 6.18 Å². The average molecular weight is 390 g/mol. The highest BCUT2D eigenvalue weighted by atomic mass is 19.4. The molecule has 1 aliphatic heterocycles. The summed E-state index contributed by atoms with van der Waals surface area (Å²) in [6, 6.07) is 0.0241. The van der Waals surface area contributed by atoms with Gasteiger partial charge in [-0.1, -0.05) is 6.08 Å². The van der Waals surface area contributed by atoms with E-state index in [0.717, 1.165) is 10.6 Å². The molecular formula is C16H12F6N4O. The largest absolute Gasteiger partial charge is 0.451 e. The van der Waals surface area contributed by atoms with Crippen LogP contribution in [0.25, 0.3) is 0 Å².